The molecule has 23 heavy (non-hydrogen) atoms. The summed E-state index contributed by atoms with van der Waals surface area (Å²) < 4.78 is 0. The lowest BCUT2D eigenvalue weighted by molar-refractivity contribution is 0.862. The number of rotatable bonds is 8. The van der Waals surface area contributed by atoms with E-state index in [-0.39, 0.29) is 0 Å². The molecule has 0 spiro atoms. The van der Waals surface area contributed by atoms with Gasteiger partial charge in [0.05, 0.1) is 0 Å². The fraction of sp³-hybridized carbons (Fsp3) is 0.333. The van der Waals surface area contributed by atoms with Crippen LogP contribution in [-0.4, -0.2) is 10.7 Å². The van der Waals surface area contributed by atoms with Crippen LogP contribution in [0.3, 0.4) is 0 Å². The maximum absolute atomic E-state index is 4.39. The SMILES string of the molecule is C=CN=C(/C=C\C)C/C(C)=C/C1CC1C(=C)Cc1ccccn1. The number of pyridine rings is 1. The van der Waals surface area contributed by atoms with E-state index in [1.165, 1.54) is 17.6 Å². The number of aromatic nitrogens is 1. The van der Waals surface area contributed by atoms with E-state index in [0.717, 1.165) is 24.2 Å². The Balaban J connectivity index is 1.88. The molecule has 1 aliphatic rings. The minimum atomic E-state index is 0.605. The minimum Gasteiger partial charge on any atom is -0.262 e. The predicted molar refractivity (Wildman–Crippen MR) is 99.5 cm³/mol. The van der Waals surface area contributed by atoms with E-state index in [2.05, 4.69) is 42.2 Å². The van der Waals surface area contributed by atoms with E-state index in [1.54, 1.807) is 6.20 Å². The van der Waals surface area contributed by atoms with Crippen LogP contribution >= 0.6 is 0 Å². The zero-order valence-electron chi connectivity index (χ0n) is 14.2. The Kier molecular flexibility index (Phi) is 6.28. The van der Waals surface area contributed by atoms with Gasteiger partial charge in [-0.15, -0.1) is 0 Å². The molecule has 1 aromatic rings. The Morgan fingerprint density at radius 2 is 2.26 bits per heavy atom. The Morgan fingerprint density at radius 3 is 2.91 bits per heavy atom. The van der Waals surface area contributed by atoms with Crippen molar-refractivity contribution in [3.05, 3.63) is 78.8 Å². The average Bonchev–Trinajstić information content (AvgIpc) is 3.28. The van der Waals surface area contributed by atoms with Gasteiger partial charge in [0.1, 0.15) is 0 Å². The van der Waals surface area contributed by atoms with Crippen molar-refractivity contribution in [1.82, 2.24) is 4.98 Å². The molecule has 2 unspecified atom stereocenters. The molecule has 2 nitrogen and oxygen atoms in total. The molecular weight excluding hydrogens is 280 g/mol. The monoisotopic (exact) mass is 306 g/mol. The highest BCUT2D eigenvalue weighted by molar-refractivity contribution is 5.96. The quantitative estimate of drug-likeness (QED) is 0.472. The molecule has 0 saturated heterocycles. The van der Waals surface area contributed by atoms with Crippen LogP contribution in [-0.2, 0) is 6.42 Å². The largest absolute Gasteiger partial charge is 0.262 e. The van der Waals surface area contributed by atoms with Crippen LogP contribution in [0.2, 0.25) is 0 Å². The van der Waals surface area contributed by atoms with Crippen LogP contribution < -0.4 is 0 Å². The first kappa shape index (κ1) is 17.1. The molecule has 1 fully saturated rings. The number of hydrogen-bond acceptors (Lipinski definition) is 2. The first-order chi connectivity index (χ1) is 11.1. The van der Waals surface area contributed by atoms with Crippen molar-refractivity contribution in [3.63, 3.8) is 0 Å². The van der Waals surface area contributed by atoms with Crippen LogP contribution in [0.15, 0.2) is 78.1 Å². The molecule has 0 radical (unpaired) electrons. The molecular formula is C21H26N2. The van der Waals surface area contributed by atoms with Gasteiger partial charge in [-0.2, -0.15) is 0 Å². The average molecular weight is 306 g/mol. The second-order valence-electron chi connectivity index (χ2n) is 6.15. The number of nitrogens with zero attached hydrogens (tertiary/aromatic N) is 2. The molecule has 2 heteroatoms. The van der Waals surface area contributed by atoms with Gasteiger partial charge >= 0.3 is 0 Å². The number of allylic oxidation sites excluding steroid dienone is 5. The smallest absolute Gasteiger partial charge is 0.0444 e. The van der Waals surface area contributed by atoms with Crippen LogP contribution in [0.4, 0.5) is 0 Å². The summed E-state index contributed by atoms with van der Waals surface area (Å²) in [6.45, 7) is 12.1. The second-order valence-corrected chi connectivity index (χ2v) is 6.15. The molecule has 1 aromatic heterocycles. The second kappa shape index (κ2) is 8.42. The fourth-order valence-electron chi connectivity index (χ4n) is 2.90. The standard InChI is InChI=1S/C21H26N2/c1-5-9-19(22-6-2)13-16(3)12-18-15-21(18)17(4)14-20-10-7-8-11-23-20/h5-12,18,21H,2,4,13-15H2,1,3H3/b9-5-,16-12+,22-19?. The molecule has 0 amide bonds. The highest BCUT2D eigenvalue weighted by Gasteiger charge is 2.37. The summed E-state index contributed by atoms with van der Waals surface area (Å²) in [6.07, 6.45) is 12.9. The normalized spacial score (nSPS) is 21.5. The Labute approximate surface area is 140 Å². The fourth-order valence-corrected chi connectivity index (χ4v) is 2.90. The molecule has 0 aromatic carbocycles. The van der Waals surface area contributed by atoms with Gasteiger partial charge in [0, 0.05) is 36.6 Å². The first-order valence-electron chi connectivity index (χ1n) is 8.19. The van der Waals surface area contributed by atoms with Gasteiger partial charge < -0.3 is 0 Å². The van der Waals surface area contributed by atoms with Crippen LogP contribution in [0.25, 0.3) is 0 Å². The van der Waals surface area contributed by atoms with Gasteiger partial charge in [0.2, 0.25) is 0 Å². The molecule has 2 rings (SSSR count). The lowest BCUT2D eigenvalue weighted by atomic mass is 10.0. The minimum absolute atomic E-state index is 0.605. The summed E-state index contributed by atoms with van der Waals surface area (Å²) in [5, 5.41) is 0. The Morgan fingerprint density at radius 1 is 1.43 bits per heavy atom. The molecule has 1 aliphatic carbocycles. The highest BCUT2D eigenvalue weighted by Crippen LogP contribution is 2.46. The molecule has 0 bridgehead atoms. The van der Waals surface area contributed by atoms with Crippen LogP contribution in [0.1, 0.15) is 32.4 Å². The van der Waals surface area contributed by atoms with Crippen molar-refractivity contribution in [3.8, 4) is 0 Å². The topological polar surface area (TPSA) is 25.2 Å². The summed E-state index contributed by atoms with van der Waals surface area (Å²) in [5.74, 6) is 1.23. The van der Waals surface area contributed by atoms with Gasteiger partial charge in [-0.25, -0.2) is 0 Å². The Hall–Kier alpha value is -2.22. The van der Waals surface area contributed by atoms with Crippen molar-refractivity contribution in [2.24, 2.45) is 16.8 Å². The van der Waals surface area contributed by atoms with Crippen molar-refractivity contribution < 1.29 is 0 Å². The Bertz CT molecular complexity index is 635. The van der Waals surface area contributed by atoms with Crippen molar-refractivity contribution in [2.75, 3.05) is 0 Å². The lowest BCUT2D eigenvalue weighted by Crippen LogP contribution is -1.97. The van der Waals surface area contributed by atoms with E-state index < -0.39 is 0 Å². The highest BCUT2D eigenvalue weighted by atomic mass is 14.7. The van der Waals surface area contributed by atoms with Gasteiger partial charge in [0.25, 0.3) is 0 Å². The third-order valence-electron chi connectivity index (χ3n) is 4.07. The molecule has 2 atom stereocenters. The third-order valence-corrected chi connectivity index (χ3v) is 4.07. The maximum atomic E-state index is 4.39. The molecule has 0 aliphatic heterocycles. The number of aliphatic imine (C=N–C) groups is 1. The van der Waals surface area contributed by atoms with Crippen molar-refractivity contribution >= 4 is 5.71 Å². The van der Waals surface area contributed by atoms with Gasteiger partial charge in [-0.1, -0.05) is 42.5 Å². The zero-order chi connectivity index (χ0) is 16.7. The van der Waals surface area contributed by atoms with Crippen LogP contribution in [0, 0.1) is 11.8 Å². The molecule has 1 saturated carbocycles. The summed E-state index contributed by atoms with van der Waals surface area (Å²) in [7, 11) is 0. The first-order valence-corrected chi connectivity index (χ1v) is 8.19. The lowest BCUT2D eigenvalue weighted by Gasteiger charge is -2.05. The summed E-state index contributed by atoms with van der Waals surface area (Å²) in [5.41, 5.74) is 4.83. The predicted octanol–water partition coefficient (Wildman–Crippen LogP) is 5.31. The van der Waals surface area contributed by atoms with Crippen LogP contribution in [0.5, 0.6) is 0 Å². The third kappa shape index (κ3) is 5.48. The van der Waals surface area contributed by atoms with Gasteiger partial charge in [-0.05, 0) is 50.3 Å². The number of hydrogen-bond donors (Lipinski definition) is 0. The molecule has 1 heterocycles. The van der Waals surface area contributed by atoms with E-state index in [9.17, 15) is 0 Å². The van der Waals surface area contributed by atoms with E-state index >= 15 is 0 Å². The van der Waals surface area contributed by atoms with E-state index in [1.807, 2.05) is 37.4 Å². The molecule has 120 valence electrons. The van der Waals surface area contributed by atoms with Crippen molar-refractivity contribution in [1.29, 1.82) is 0 Å². The van der Waals surface area contributed by atoms with E-state index in [4.69, 9.17) is 0 Å². The van der Waals surface area contributed by atoms with E-state index in [0.29, 0.717) is 11.8 Å². The zero-order valence-corrected chi connectivity index (χ0v) is 14.2. The van der Waals surface area contributed by atoms with Gasteiger partial charge in [-0.3, -0.25) is 9.98 Å². The maximum Gasteiger partial charge on any atom is 0.0444 e. The summed E-state index contributed by atoms with van der Waals surface area (Å²) >= 11 is 0. The summed E-state index contributed by atoms with van der Waals surface area (Å²) in [6, 6.07) is 6.05. The molecule has 0 N–H and O–H groups in total. The van der Waals surface area contributed by atoms with Crippen molar-refractivity contribution in [2.45, 2.75) is 33.1 Å². The summed E-state index contributed by atoms with van der Waals surface area (Å²) in [4.78, 5) is 8.70. The van der Waals surface area contributed by atoms with Gasteiger partial charge in [0.15, 0.2) is 0 Å².